The third-order valence-corrected chi connectivity index (χ3v) is 5.73. The SMILES string of the molecule is Cc1nn2c(CN3CCC4(CC3)COCCN4)c(C)nc2s1. The summed E-state index contributed by atoms with van der Waals surface area (Å²) in [5.74, 6) is 0. The summed E-state index contributed by atoms with van der Waals surface area (Å²) in [6.45, 7) is 9.97. The summed E-state index contributed by atoms with van der Waals surface area (Å²) < 4.78 is 7.71. The minimum Gasteiger partial charge on any atom is -0.378 e. The van der Waals surface area contributed by atoms with Crippen LogP contribution in [0.25, 0.3) is 4.96 Å². The highest BCUT2D eigenvalue weighted by Gasteiger charge is 2.36. The number of morpholine rings is 1. The normalized spacial score (nSPS) is 22.6. The molecule has 0 aliphatic carbocycles. The molecule has 4 rings (SSSR count). The maximum Gasteiger partial charge on any atom is 0.212 e. The number of nitrogens with zero attached hydrogens (tertiary/aromatic N) is 4. The molecule has 0 bridgehead atoms. The summed E-state index contributed by atoms with van der Waals surface area (Å²) in [7, 11) is 0. The van der Waals surface area contributed by atoms with Crippen LogP contribution in [-0.4, -0.2) is 57.9 Å². The van der Waals surface area contributed by atoms with Crippen LogP contribution in [0.15, 0.2) is 0 Å². The Balaban J connectivity index is 1.46. The Morgan fingerprint density at radius 1 is 1.32 bits per heavy atom. The molecule has 0 radical (unpaired) electrons. The van der Waals surface area contributed by atoms with Crippen molar-refractivity contribution in [2.24, 2.45) is 0 Å². The van der Waals surface area contributed by atoms with E-state index in [1.54, 1.807) is 11.3 Å². The molecule has 0 unspecified atom stereocenters. The molecule has 120 valence electrons. The Labute approximate surface area is 134 Å². The van der Waals surface area contributed by atoms with Crippen molar-refractivity contribution < 1.29 is 4.74 Å². The Morgan fingerprint density at radius 3 is 2.86 bits per heavy atom. The number of imidazole rings is 1. The summed E-state index contributed by atoms with van der Waals surface area (Å²) in [6.07, 6.45) is 2.31. The van der Waals surface area contributed by atoms with Gasteiger partial charge in [0.25, 0.3) is 0 Å². The molecular weight excluding hydrogens is 298 g/mol. The van der Waals surface area contributed by atoms with Crippen LogP contribution in [0.2, 0.25) is 0 Å². The van der Waals surface area contributed by atoms with Gasteiger partial charge in [-0.15, -0.1) is 0 Å². The van der Waals surface area contributed by atoms with Gasteiger partial charge in [0, 0.05) is 31.7 Å². The fraction of sp³-hybridized carbons (Fsp3) is 0.733. The van der Waals surface area contributed by atoms with Gasteiger partial charge in [-0.05, 0) is 26.7 Å². The van der Waals surface area contributed by atoms with Gasteiger partial charge in [0.05, 0.1) is 24.6 Å². The van der Waals surface area contributed by atoms with Crippen LogP contribution >= 0.6 is 11.3 Å². The first-order valence-corrected chi connectivity index (χ1v) is 8.84. The largest absolute Gasteiger partial charge is 0.378 e. The van der Waals surface area contributed by atoms with Crippen molar-refractivity contribution in [1.82, 2.24) is 24.8 Å². The molecular formula is C15H23N5OS. The van der Waals surface area contributed by atoms with Crippen molar-refractivity contribution in [2.45, 2.75) is 38.8 Å². The summed E-state index contributed by atoms with van der Waals surface area (Å²) >= 11 is 1.66. The molecule has 0 aromatic carbocycles. The second kappa shape index (κ2) is 5.56. The Kier molecular flexibility index (Phi) is 3.68. The van der Waals surface area contributed by atoms with Crippen molar-refractivity contribution in [2.75, 3.05) is 32.8 Å². The van der Waals surface area contributed by atoms with Gasteiger partial charge in [-0.3, -0.25) is 4.90 Å². The molecule has 2 aromatic rings. The number of hydrogen-bond donors (Lipinski definition) is 1. The van der Waals surface area contributed by atoms with E-state index in [1.165, 1.54) is 5.69 Å². The van der Waals surface area contributed by atoms with E-state index >= 15 is 0 Å². The minimum atomic E-state index is 0.216. The van der Waals surface area contributed by atoms with E-state index in [2.05, 4.69) is 27.2 Å². The molecule has 2 saturated heterocycles. The van der Waals surface area contributed by atoms with Gasteiger partial charge < -0.3 is 10.1 Å². The monoisotopic (exact) mass is 321 g/mol. The zero-order valence-corrected chi connectivity index (χ0v) is 14.1. The molecule has 2 fully saturated rings. The second-order valence-corrected chi connectivity index (χ2v) is 7.66. The van der Waals surface area contributed by atoms with Crippen LogP contribution in [-0.2, 0) is 11.3 Å². The standard InChI is InChI=1S/C15H23N5OS/c1-11-13(20-14(17-11)22-12(2)18-20)9-19-6-3-15(4-7-19)10-21-8-5-16-15/h16H,3-10H2,1-2H3. The van der Waals surface area contributed by atoms with Gasteiger partial charge in [0.2, 0.25) is 4.96 Å². The number of nitrogens with one attached hydrogen (secondary N) is 1. The van der Waals surface area contributed by atoms with Gasteiger partial charge in [-0.2, -0.15) is 5.10 Å². The molecule has 0 saturated carbocycles. The molecule has 0 amide bonds. The first-order valence-electron chi connectivity index (χ1n) is 8.02. The van der Waals surface area contributed by atoms with Crippen molar-refractivity contribution in [3.63, 3.8) is 0 Å². The van der Waals surface area contributed by atoms with Crippen molar-refractivity contribution >= 4 is 16.3 Å². The summed E-state index contributed by atoms with van der Waals surface area (Å²) in [5, 5.41) is 9.35. The van der Waals surface area contributed by atoms with E-state index in [-0.39, 0.29) is 5.54 Å². The highest BCUT2D eigenvalue weighted by molar-refractivity contribution is 7.16. The first kappa shape index (κ1) is 14.6. The lowest BCUT2D eigenvalue weighted by atomic mass is 9.87. The molecule has 4 heterocycles. The number of ether oxygens (including phenoxy) is 1. The topological polar surface area (TPSA) is 54.7 Å². The zero-order chi connectivity index (χ0) is 15.2. The molecule has 0 atom stereocenters. The average Bonchev–Trinajstić information content (AvgIpc) is 3.00. The quantitative estimate of drug-likeness (QED) is 0.905. The van der Waals surface area contributed by atoms with Crippen LogP contribution in [0.1, 0.15) is 29.2 Å². The molecule has 1 spiro atoms. The number of rotatable bonds is 2. The lowest BCUT2D eigenvalue weighted by Crippen LogP contribution is -2.59. The van der Waals surface area contributed by atoms with Gasteiger partial charge in [0.15, 0.2) is 0 Å². The zero-order valence-electron chi connectivity index (χ0n) is 13.3. The Morgan fingerprint density at radius 2 is 2.14 bits per heavy atom. The fourth-order valence-corrected chi connectivity index (χ4v) is 4.35. The lowest BCUT2D eigenvalue weighted by Gasteiger charge is -2.44. The molecule has 7 heteroatoms. The van der Waals surface area contributed by atoms with Crippen molar-refractivity contribution in [3.8, 4) is 0 Å². The highest BCUT2D eigenvalue weighted by Crippen LogP contribution is 2.26. The van der Waals surface area contributed by atoms with Crippen LogP contribution in [0.3, 0.4) is 0 Å². The summed E-state index contributed by atoms with van der Waals surface area (Å²) in [5.41, 5.74) is 2.56. The van der Waals surface area contributed by atoms with E-state index in [0.29, 0.717) is 0 Å². The smallest absolute Gasteiger partial charge is 0.212 e. The van der Waals surface area contributed by atoms with Crippen molar-refractivity contribution in [1.29, 1.82) is 0 Å². The van der Waals surface area contributed by atoms with Crippen LogP contribution in [0, 0.1) is 13.8 Å². The predicted octanol–water partition coefficient (Wildman–Crippen LogP) is 1.36. The molecule has 2 aromatic heterocycles. The molecule has 2 aliphatic rings. The highest BCUT2D eigenvalue weighted by atomic mass is 32.1. The van der Waals surface area contributed by atoms with Crippen LogP contribution < -0.4 is 5.32 Å². The minimum absolute atomic E-state index is 0.216. The third-order valence-electron chi connectivity index (χ3n) is 4.91. The van der Waals surface area contributed by atoms with E-state index in [9.17, 15) is 0 Å². The van der Waals surface area contributed by atoms with Gasteiger partial charge in [-0.1, -0.05) is 11.3 Å². The Hall–Kier alpha value is -1.02. The van der Waals surface area contributed by atoms with Gasteiger partial charge >= 0.3 is 0 Å². The van der Waals surface area contributed by atoms with Gasteiger partial charge in [-0.25, -0.2) is 9.50 Å². The number of likely N-dealkylation sites (tertiary alicyclic amines) is 1. The predicted molar refractivity (Wildman–Crippen MR) is 86.4 cm³/mol. The number of piperidine rings is 1. The molecule has 22 heavy (non-hydrogen) atoms. The van der Waals surface area contributed by atoms with E-state index in [4.69, 9.17) is 4.74 Å². The van der Waals surface area contributed by atoms with Crippen molar-refractivity contribution in [3.05, 3.63) is 16.4 Å². The van der Waals surface area contributed by atoms with E-state index in [0.717, 1.165) is 67.9 Å². The molecule has 6 nitrogen and oxygen atoms in total. The van der Waals surface area contributed by atoms with Crippen LogP contribution in [0.5, 0.6) is 0 Å². The van der Waals surface area contributed by atoms with Gasteiger partial charge in [0.1, 0.15) is 5.01 Å². The second-order valence-electron chi connectivity index (χ2n) is 6.50. The molecule has 2 aliphatic heterocycles. The summed E-state index contributed by atoms with van der Waals surface area (Å²) in [6, 6.07) is 0. The summed E-state index contributed by atoms with van der Waals surface area (Å²) in [4.78, 5) is 8.18. The van der Waals surface area contributed by atoms with Crippen LogP contribution in [0.4, 0.5) is 0 Å². The maximum atomic E-state index is 5.68. The number of aryl methyl sites for hydroxylation is 2. The lowest BCUT2D eigenvalue weighted by molar-refractivity contribution is -0.00675. The maximum absolute atomic E-state index is 5.68. The number of fused-ring (bicyclic) bond motifs is 1. The number of hydrogen-bond acceptors (Lipinski definition) is 6. The average molecular weight is 321 g/mol. The number of aromatic nitrogens is 3. The van der Waals surface area contributed by atoms with E-state index in [1.807, 2.05) is 11.4 Å². The molecule has 1 N–H and O–H groups in total. The first-order chi connectivity index (χ1) is 10.7. The fourth-order valence-electron chi connectivity index (χ4n) is 3.55. The van der Waals surface area contributed by atoms with E-state index < -0.39 is 0 Å². The third kappa shape index (κ3) is 2.56. The Bertz CT molecular complexity index is 663.